The molecule has 0 fully saturated rings. The van der Waals surface area contributed by atoms with Crippen molar-refractivity contribution in [2.24, 2.45) is 0 Å². The van der Waals surface area contributed by atoms with Gasteiger partial charge in [-0.05, 0) is 18.9 Å². The van der Waals surface area contributed by atoms with E-state index in [1.807, 2.05) is 13.8 Å². The highest BCUT2D eigenvalue weighted by atomic mass is 16.3. The summed E-state index contributed by atoms with van der Waals surface area (Å²) >= 11 is 0. The Morgan fingerprint density at radius 3 is 2.50 bits per heavy atom. The van der Waals surface area contributed by atoms with Gasteiger partial charge in [-0.25, -0.2) is 0 Å². The van der Waals surface area contributed by atoms with Crippen molar-refractivity contribution in [1.82, 2.24) is 0 Å². The van der Waals surface area contributed by atoms with Crippen molar-refractivity contribution in [2.45, 2.75) is 32.8 Å². The van der Waals surface area contributed by atoms with Crippen LogP contribution in [0.25, 0.3) is 0 Å². The molecular formula is C8H16O2. The molecule has 0 aromatic heterocycles. The van der Waals surface area contributed by atoms with Gasteiger partial charge in [-0.3, -0.25) is 0 Å². The molecule has 0 rings (SSSR count). The first-order valence-corrected chi connectivity index (χ1v) is 3.70. The molecule has 0 saturated heterocycles. The van der Waals surface area contributed by atoms with E-state index in [9.17, 15) is 5.11 Å². The number of aliphatic hydroxyl groups is 2. The Labute approximate surface area is 62.2 Å². The molecule has 2 nitrogen and oxygen atoms in total. The van der Waals surface area contributed by atoms with Crippen LogP contribution in [0.15, 0.2) is 11.6 Å². The Morgan fingerprint density at radius 1 is 1.60 bits per heavy atom. The van der Waals surface area contributed by atoms with Gasteiger partial charge in [0.2, 0.25) is 0 Å². The highest BCUT2D eigenvalue weighted by Crippen LogP contribution is 2.06. The molecule has 0 aromatic rings. The van der Waals surface area contributed by atoms with Crippen LogP contribution in [-0.2, 0) is 0 Å². The number of hydrogen-bond donors (Lipinski definition) is 2. The van der Waals surface area contributed by atoms with E-state index in [0.29, 0.717) is 0 Å². The van der Waals surface area contributed by atoms with Crippen LogP contribution in [0.3, 0.4) is 0 Å². The Morgan fingerprint density at radius 2 is 2.20 bits per heavy atom. The van der Waals surface area contributed by atoms with E-state index in [1.54, 1.807) is 6.08 Å². The average molecular weight is 144 g/mol. The van der Waals surface area contributed by atoms with Crippen molar-refractivity contribution in [3.05, 3.63) is 11.6 Å². The van der Waals surface area contributed by atoms with Gasteiger partial charge in [-0.15, -0.1) is 0 Å². The molecule has 0 heterocycles. The van der Waals surface area contributed by atoms with Crippen molar-refractivity contribution in [1.29, 1.82) is 0 Å². The van der Waals surface area contributed by atoms with Gasteiger partial charge < -0.3 is 10.2 Å². The highest BCUT2D eigenvalue weighted by Gasteiger charge is 2.06. The molecule has 0 saturated carbocycles. The van der Waals surface area contributed by atoms with Gasteiger partial charge in [0.1, 0.15) is 0 Å². The topological polar surface area (TPSA) is 40.5 Å². The first-order valence-electron chi connectivity index (χ1n) is 3.70. The summed E-state index contributed by atoms with van der Waals surface area (Å²) in [6, 6.07) is 0. The molecule has 0 aromatic carbocycles. The monoisotopic (exact) mass is 144 g/mol. The number of rotatable bonds is 4. The summed E-state index contributed by atoms with van der Waals surface area (Å²) in [7, 11) is 0. The smallest absolute Gasteiger partial charge is 0.0771 e. The average Bonchev–Trinajstić information content (AvgIpc) is 1.91. The quantitative estimate of drug-likeness (QED) is 0.580. The summed E-state index contributed by atoms with van der Waals surface area (Å²) in [5.41, 5.74) is 0.724. The summed E-state index contributed by atoms with van der Waals surface area (Å²) in [6.07, 6.45) is 3.00. The van der Waals surface area contributed by atoms with E-state index in [4.69, 9.17) is 5.11 Å². The molecule has 1 atom stereocenters. The fraction of sp³-hybridized carbons (Fsp3) is 0.750. The molecule has 0 aliphatic rings. The standard InChI is InChI=1S/C8H16O2/c1-3-5-8(10)7(4-2)6-9/h4,8-10H,3,5-6H2,1-2H3. The van der Waals surface area contributed by atoms with Gasteiger partial charge in [-0.2, -0.15) is 0 Å². The van der Waals surface area contributed by atoms with Crippen LogP contribution in [0.1, 0.15) is 26.7 Å². The van der Waals surface area contributed by atoms with Gasteiger partial charge in [0.15, 0.2) is 0 Å². The van der Waals surface area contributed by atoms with Gasteiger partial charge in [0.05, 0.1) is 12.7 Å². The summed E-state index contributed by atoms with van der Waals surface area (Å²) in [6.45, 7) is 3.80. The summed E-state index contributed by atoms with van der Waals surface area (Å²) < 4.78 is 0. The maximum atomic E-state index is 9.28. The molecule has 1 unspecified atom stereocenters. The number of allylic oxidation sites excluding steroid dienone is 1. The van der Waals surface area contributed by atoms with Crippen LogP contribution < -0.4 is 0 Å². The molecule has 0 aliphatic carbocycles. The number of hydrogen-bond acceptors (Lipinski definition) is 2. The van der Waals surface area contributed by atoms with E-state index in [0.717, 1.165) is 18.4 Å². The largest absolute Gasteiger partial charge is 0.392 e. The lowest BCUT2D eigenvalue weighted by atomic mass is 10.1. The third kappa shape index (κ3) is 2.99. The minimum absolute atomic E-state index is 0.0301. The minimum Gasteiger partial charge on any atom is -0.392 e. The van der Waals surface area contributed by atoms with Crippen molar-refractivity contribution in [3.63, 3.8) is 0 Å². The molecule has 10 heavy (non-hydrogen) atoms. The Bertz CT molecular complexity index is 108. The van der Waals surface area contributed by atoms with Crippen LogP contribution in [0.2, 0.25) is 0 Å². The van der Waals surface area contributed by atoms with Gasteiger partial charge in [0.25, 0.3) is 0 Å². The number of aliphatic hydroxyl groups excluding tert-OH is 2. The molecule has 0 aliphatic heterocycles. The molecule has 0 amide bonds. The SMILES string of the molecule is CC=C(CO)C(O)CCC. The molecule has 2 N–H and O–H groups in total. The zero-order valence-electron chi connectivity index (χ0n) is 6.67. The van der Waals surface area contributed by atoms with Crippen molar-refractivity contribution in [2.75, 3.05) is 6.61 Å². The van der Waals surface area contributed by atoms with Gasteiger partial charge >= 0.3 is 0 Å². The maximum absolute atomic E-state index is 9.28. The van der Waals surface area contributed by atoms with Crippen molar-refractivity contribution in [3.8, 4) is 0 Å². The molecule has 0 spiro atoms. The molecule has 2 heteroatoms. The van der Waals surface area contributed by atoms with Crippen molar-refractivity contribution >= 4 is 0 Å². The van der Waals surface area contributed by atoms with Crippen LogP contribution in [0.4, 0.5) is 0 Å². The molecule has 60 valence electrons. The van der Waals surface area contributed by atoms with Crippen LogP contribution in [0.5, 0.6) is 0 Å². The zero-order chi connectivity index (χ0) is 7.98. The molecule has 0 radical (unpaired) electrons. The Balaban J connectivity index is 3.77. The summed E-state index contributed by atoms with van der Waals surface area (Å²) in [5, 5.41) is 18.0. The first-order chi connectivity index (χ1) is 4.76. The van der Waals surface area contributed by atoms with E-state index in [2.05, 4.69) is 0 Å². The summed E-state index contributed by atoms with van der Waals surface area (Å²) in [5.74, 6) is 0. The first kappa shape index (κ1) is 9.66. The van der Waals surface area contributed by atoms with E-state index in [1.165, 1.54) is 0 Å². The second kappa shape index (κ2) is 5.45. The van der Waals surface area contributed by atoms with Crippen molar-refractivity contribution < 1.29 is 10.2 Å². The molecule has 0 bridgehead atoms. The van der Waals surface area contributed by atoms with E-state index >= 15 is 0 Å². The lowest BCUT2D eigenvalue weighted by Crippen LogP contribution is -2.12. The lowest BCUT2D eigenvalue weighted by molar-refractivity contribution is 0.177. The lowest BCUT2D eigenvalue weighted by Gasteiger charge is -2.10. The Hall–Kier alpha value is -0.340. The van der Waals surface area contributed by atoms with E-state index in [-0.39, 0.29) is 6.61 Å². The maximum Gasteiger partial charge on any atom is 0.0771 e. The van der Waals surface area contributed by atoms with E-state index < -0.39 is 6.10 Å². The fourth-order valence-electron chi connectivity index (χ4n) is 0.848. The zero-order valence-corrected chi connectivity index (χ0v) is 6.67. The van der Waals surface area contributed by atoms with Gasteiger partial charge in [0, 0.05) is 0 Å². The summed E-state index contributed by atoms with van der Waals surface area (Å²) in [4.78, 5) is 0. The third-order valence-corrected chi connectivity index (χ3v) is 1.54. The predicted molar refractivity (Wildman–Crippen MR) is 41.8 cm³/mol. The predicted octanol–water partition coefficient (Wildman–Crippen LogP) is 1.09. The highest BCUT2D eigenvalue weighted by molar-refractivity contribution is 5.06. The van der Waals surface area contributed by atoms with Crippen LogP contribution in [0, 0.1) is 0 Å². The second-order valence-electron chi connectivity index (χ2n) is 2.33. The van der Waals surface area contributed by atoms with Crippen LogP contribution >= 0.6 is 0 Å². The fourth-order valence-corrected chi connectivity index (χ4v) is 0.848. The van der Waals surface area contributed by atoms with Crippen LogP contribution in [-0.4, -0.2) is 22.9 Å². The Kier molecular flexibility index (Phi) is 5.26. The third-order valence-electron chi connectivity index (χ3n) is 1.54. The minimum atomic E-state index is -0.444. The second-order valence-corrected chi connectivity index (χ2v) is 2.33. The van der Waals surface area contributed by atoms with Gasteiger partial charge in [-0.1, -0.05) is 19.4 Å². The normalized spacial score (nSPS) is 15.4. The molecular weight excluding hydrogens is 128 g/mol.